The van der Waals surface area contributed by atoms with Gasteiger partial charge in [-0.3, -0.25) is 0 Å². The minimum atomic E-state index is -3.51. The molecule has 0 aliphatic heterocycles. The molecule has 2 unspecified atom stereocenters. The van der Waals surface area contributed by atoms with E-state index in [4.69, 9.17) is 0 Å². The Bertz CT molecular complexity index is 524. The number of benzene rings is 1. The fourth-order valence-corrected chi connectivity index (χ4v) is 3.99. The van der Waals surface area contributed by atoms with E-state index in [0.29, 0.717) is 11.3 Å². The summed E-state index contributed by atoms with van der Waals surface area (Å²) >= 11 is 0. The number of hydrogen-bond donors (Lipinski definition) is 1. The van der Waals surface area contributed by atoms with Crippen molar-refractivity contribution in [2.75, 3.05) is 7.05 Å². The number of likely N-dealkylation sites (N-methyl/N-ethyl adjacent to an activating group) is 1. The van der Waals surface area contributed by atoms with E-state index in [1.807, 2.05) is 6.92 Å². The Balaban J connectivity index is 2.25. The summed E-state index contributed by atoms with van der Waals surface area (Å²) < 4.78 is 26.3. The molecular formula is C14H21NO3S. The highest BCUT2D eigenvalue weighted by Gasteiger charge is 2.34. The Hall–Kier alpha value is -0.910. The highest BCUT2D eigenvalue weighted by atomic mass is 32.2. The molecule has 2 atom stereocenters. The van der Waals surface area contributed by atoms with Crippen LogP contribution in [-0.2, 0) is 10.0 Å². The van der Waals surface area contributed by atoms with Crippen molar-refractivity contribution in [2.45, 2.75) is 49.6 Å². The van der Waals surface area contributed by atoms with Crippen molar-refractivity contribution >= 4 is 10.0 Å². The Kier molecular flexibility index (Phi) is 4.28. The van der Waals surface area contributed by atoms with Gasteiger partial charge in [-0.2, -0.15) is 4.31 Å². The molecule has 1 N–H and O–H groups in total. The van der Waals surface area contributed by atoms with Crippen molar-refractivity contribution in [3.63, 3.8) is 0 Å². The Labute approximate surface area is 115 Å². The summed E-state index contributed by atoms with van der Waals surface area (Å²) in [5.74, 6) is 0. The quantitative estimate of drug-likeness (QED) is 0.922. The van der Waals surface area contributed by atoms with Crippen LogP contribution in [0.1, 0.15) is 31.2 Å². The van der Waals surface area contributed by atoms with Crippen LogP contribution in [0.15, 0.2) is 29.2 Å². The van der Waals surface area contributed by atoms with Crippen molar-refractivity contribution < 1.29 is 13.5 Å². The first kappa shape index (κ1) is 14.5. The fraction of sp³-hybridized carbons (Fsp3) is 0.571. The summed E-state index contributed by atoms with van der Waals surface area (Å²) in [6, 6.07) is 6.52. The van der Waals surface area contributed by atoms with Crippen molar-refractivity contribution in [2.24, 2.45) is 0 Å². The van der Waals surface area contributed by atoms with Gasteiger partial charge in [-0.05, 0) is 31.9 Å². The number of hydrogen-bond acceptors (Lipinski definition) is 3. The molecule has 0 aromatic heterocycles. The number of nitrogens with zero attached hydrogens (tertiary/aromatic N) is 1. The normalized spacial score (nSPS) is 24.6. The zero-order valence-electron chi connectivity index (χ0n) is 11.4. The minimum absolute atomic E-state index is 0.290. The number of aliphatic hydroxyl groups is 1. The van der Waals surface area contributed by atoms with Crippen LogP contribution >= 0.6 is 0 Å². The highest BCUT2D eigenvalue weighted by molar-refractivity contribution is 7.89. The van der Waals surface area contributed by atoms with Gasteiger partial charge in [0.2, 0.25) is 10.0 Å². The lowest BCUT2D eigenvalue weighted by Crippen LogP contribution is -2.46. The summed E-state index contributed by atoms with van der Waals surface area (Å²) in [4.78, 5) is 0.290. The van der Waals surface area contributed by atoms with Gasteiger partial charge >= 0.3 is 0 Å². The van der Waals surface area contributed by atoms with Gasteiger partial charge in [0, 0.05) is 7.05 Å². The maximum absolute atomic E-state index is 12.5. The summed E-state index contributed by atoms with van der Waals surface area (Å²) in [6.45, 7) is 1.92. The molecule has 0 saturated heterocycles. The third kappa shape index (κ3) is 2.99. The molecule has 1 fully saturated rings. The lowest BCUT2D eigenvalue weighted by atomic mass is 9.93. The van der Waals surface area contributed by atoms with Gasteiger partial charge in [0.15, 0.2) is 0 Å². The van der Waals surface area contributed by atoms with E-state index in [9.17, 15) is 13.5 Å². The molecule has 0 radical (unpaired) electrons. The Morgan fingerprint density at radius 3 is 2.32 bits per heavy atom. The third-order valence-corrected chi connectivity index (χ3v) is 5.76. The number of aryl methyl sites for hydroxylation is 1. The maximum Gasteiger partial charge on any atom is 0.243 e. The Morgan fingerprint density at radius 2 is 1.74 bits per heavy atom. The summed E-state index contributed by atoms with van der Waals surface area (Å²) in [7, 11) is -1.95. The second-order valence-electron chi connectivity index (χ2n) is 5.25. The van der Waals surface area contributed by atoms with Crippen molar-refractivity contribution in [1.29, 1.82) is 0 Å². The van der Waals surface area contributed by atoms with Crippen LogP contribution in [0.4, 0.5) is 0 Å². The molecule has 0 amide bonds. The molecular weight excluding hydrogens is 262 g/mol. The minimum Gasteiger partial charge on any atom is -0.391 e. The van der Waals surface area contributed by atoms with E-state index >= 15 is 0 Å². The summed E-state index contributed by atoms with van der Waals surface area (Å²) in [5, 5.41) is 9.99. The molecule has 19 heavy (non-hydrogen) atoms. The topological polar surface area (TPSA) is 57.6 Å². The first-order valence-corrected chi connectivity index (χ1v) is 8.09. The summed E-state index contributed by atoms with van der Waals surface area (Å²) in [5.41, 5.74) is 1.03. The molecule has 1 aromatic carbocycles. The van der Waals surface area contributed by atoms with Crippen LogP contribution in [0.5, 0.6) is 0 Å². The van der Waals surface area contributed by atoms with E-state index in [1.54, 1.807) is 31.3 Å². The molecule has 0 bridgehead atoms. The molecule has 1 aliphatic rings. The first-order valence-electron chi connectivity index (χ1n) is 6.65. The molecule has 5 heteroatoms. The van der Waals surface area contributed by atoms with Gasteiger partial charge in [-0.1, -0.05) is 30.5 Å². The maximum atomic E-state index is 12.5. The van der Waals surface area contributed by atoms with Crippen molar-refractivity contribution in [3.05, 3.63) is 29.8 Å². The van der Waals surface area contributed by atoms with Gasteiger partial charge < -0.3 is 5.11 Å². The monoisotopic (exact) mass is 283 g/mol. The van der Waals surface area contributed by atoms with Crippen LogP contribution in [0.3, 0.4) is 0 Å². The smallest absolute Gasteiger partial charge is 0.243 e. The van der Waals surface area contributed by atoms with E-state index < -0.39 is 16.1 Å². The summed E-state index contributed by atoms with van der Waals surface area (Å²) in [6.07, 6.45) is 2.78. The highest BCUT2D eigenvalue weighted by Crippen LogP contribution is 2.26. The molecule has 0 heterocycles. The average Bonchev–Trinajstić information content (AvgIpc) is 2.39. The molecule has 106 valence electrons. The number of sulfonamides is 1. The zero-order valence-corrected chi connectivity index (χ0v) is 12.2. The molecule has 1 aliphatic carbocycles. The molecule has 1 saturated carbocycles. The lowest BCUT2D eigenvalue weighted by Gasteiger charge is -2.34. The van der Waals surface area contributed by atoms with Crippen LogP contribution in [0.25, 0.3) is 0 Å². The van der Waals surface area contributed by atoms with Crippen molar-refractivity contribution in [3.8, 4) is 0 Å². The van der Waals surface area contributed by atoms with Gasteiger partial charge in [0.05, 0.1) is 17.0 Å². The molecule has 2 rings (SSSR count). The predicted molar refractivity (Wildman–Crippen MR) is 74.4 cm³/mol. The van der Waals surface area contributed by atoms with Crippen LogP contribution in [0.2, 0.25) is 0 Å². The van der Waals surface area contributed by atoms with E-state index in [-0.39, 0.29) is 6.04 Å². The second-order valence-corrected chi connectivity index (χ2v) is 7.25. The Morgan fingerprint density at radius 1 is 1.16 bits per heavy atom. The largest absolute Gasteiger partial charge is 0.391 e. The van der Waals surface area contributed by atoms with Gasteiger partial charge in [0.1, 0.15) is 0 Å². The average molecular weight is 283 g/mol. The SMILES string of the molecule is Cc1ccc(S(=O)(=O)N(C)C2CCCCC2O)cc1. The number of rotatable bonds is 3. The fourth-order valence-electron chi connectivity index (χ4n) is 2.57. The van der Waals surface area contributed by atoms with Gasteiger partial charge in [-0.25, -0.2) is 8.42 Å². The van der Waals surface area contributed by atoms with E-state index in [0.717, 1.165) is 24.8 Å². The van der Waals surface area contributed by atoms with Crippen LogP contribution < -0.4 is 0 Å². The first-order chi connectivity index (χ1) is 8.93. The predicted octanol–water partition coefficient (Wildman–Crippen LogP) is 1.92. The second kappa shape index (κ2) is 5.61. The van der Waals surface area contributed by atoms with Gasteiger partial charge in [0.25, 0.3) is 0 Å². The molecule has 0 spiro atoms. The standard InChI is InChI=1S/C14H21NO3S/c1-11-7-9-12(10-8-11)19(17,18)15(2)13-5-3-4-6-14(13)16/h7-10,13-14,16H,3-6H2,1-2H3. The van der Waals surface area contributed by atoms with E-state index in [1.165, 1.54) is 4.31 Å². The molecule has 4 nitrogen and oxygen atoms in total. The van der Waals surface area contributed by atoms with Crippen LogP contribution in [-0.4, -0.2) is 37.0 Å². The van der Waals surface area contributed by atoms with Crippen LogP contribution in [0, 0.1) is 6.92 Å². The van der Waals surface area contributed by atoms with Crippen molar-refractivity contribution in [1.82, 2.24) is 4.31 Å². The third-order valence-electron chi connectivity index (χ3n) is 3.86. The van der Waals surface area contributed by atoms with E-state index in [2.05, 4.69) is 0 Å². The lowest BCUT2D eigenvalue weighted by molar-refractivity contribution is 0.0638. The van der Waals surface area contributed by atoms with Gasteiger partial charge in [-0.15, -0.1) is 0 Å². The number of aliphatic hydroxyl groups excluding tert-OH is 1. The molecule has 1 aromatic rings. The zero-order chi connectivity index (χ0) is 14.0.